The number of aromatic amines is 1. The minimum atomic E-state index is 0.474. The fourth-order valence-electron chi connectivity index (χ4n) is 1.98. The maximum atomic E-state index is 5.92. The number of fused-ring (bicyclic) bond motifs is 1. The summed E-state index contributed by atoms with van der Waals surface area (Å²) >= 11 is 7.78. The molecule has 0 atom stereocenters. The second kappa shape index (κ2) is 5.85. The van der Waals surface area contributed by atoms with E-state index < -0.39 is 0 Å². The first kappa shape index (κ1) is 13.5. The van der Waals surface area contributed by atoms with Crippen LogP contribution in [-0.2, 0) is 0 Å². The molecule has 0 aliphatic rings. The van der Waals surface area contributed by atoms with Gasteiger partial charge in [0, 0.05) is 16.7 Å². The van der Waals surface area contributed by atoms with Crippen molar-refractivity contribution >= 4 is 34.4 Å². The molecule has 2 heterocycles. The van der Waals surface area contributed by atoms with E-state index in [2.05, 4.69) is 40.1 Å². The van der Waals surface area contributed by atoms with E-state index in [1.54, 1.807) is 6.20 Å². The summed E-state index contributed by atoms with van der Waals surface area (Å²) in [6.45, 7) is 2.19. The number of imidazole rings is 1. The summed E-state index contributed by atoms with van der Waals surface area (Å²) in [5.41, 5.74) is 2.96. The van der Waals surface area contributed by atoms with Crippen LogP contribution in [0.25, 0.3) is 22.4 Å². The Hall–Kier alpha value is -1.52. The highest BCUT2D eigenvalue weighted by molar-refractivity contribution is 7.99. The molecule has 5 heteroatoms. The third-order valence-electron chi connectivity index (χ3n) is 2.93. The molecule has 0 aliphatic heterocycles. The number of pyridine rings is 1. The lowest BCUT2D eigenvalue weighted by Gasteiger charge is -1.98. The van der Waals surface area contributed by atoms with Gasteiger partial charge in [0.15, 0.2) is 0 Å². The number of nitrogens with zero attached hydrogens (tertiary/aromatic N) is 2. The zero-order valence-corrected chi connectivity index (χ0v) is 12.6. The molecular formula is C15H14ClN3S. The largest absolute Gasteiger partial charge is 0.338 e. The van der Waals surface area contributed by atoms with E-state index >= 15 is 0 Å². The van der Waals surface area contributed by atoms with Crippen LogP contribution >= 0.6 is 23.4 Å². The van der Waals surface area contributed by atoms with E-state index in [9.17, 15) is 0 Å². The lowest BCUT2D eigenvalue weighted by molar-refractivity contribution is 1.10. The first-order valence-corrected chi connectivity index (χ1v) is 7.87. The molecule has 0 spiro atoms. The number of rotatable bonds is 4. The quantitative estimate of drug-likeness (QED) is 0.557. The van der Waals surface area contributed by atoms with Gasteiger partial charge in [0.25, 0.3) is 0 Å². The summed E-state index contributed by atoms with van der Waals surface area (Å²) in [4.78, 5) is 13.2. The Labute approximate surface area is 126 Å². The summed E-state index contributed by atoms with van der Waals surface area (Å²) in [6, 6.07) is 10.0. The van der Waals surface area contributed by atoms with Gasteiger partial charge in [-0.05, 0) is 42.5 Å². The number of nitrogens with one attached hydrogen (secondary N) is 1. The number of aromatic nitrogens is 3. The zero-order chi connectivity index (χ0) is 13.9. The van der Waals surface area contributed by atoms with Gasteiger partial charge >= 0.3 is 0 Å². The topological polar surface area (TPSA) is 41.6 Å². The van der Waals surface area contributed by atoms with Crippen molar-refractivity contribution in [3.63, 3.8) is 0 Å². The number of benzene rings is 1. The van der Waals surface area contributed by atoms with Crippen molar-refractivity contribution in [2.45, 2.75) is 18.2 Å². The van der Waals surface area contributed by atoms with E-state index in [0.717, 1.165) is 28.2 Å². The molecule has 0 saturated heterocycles. The summed E-state index contributed by atoms with van der Waals surface area (Å²) in [5.74, 6) is 1.95. The number of hydrogen-bond donors (Lipinski definition) is 1. The molecular weight excluding hydrogens is 290 g/mol. The maximum Gasteiger partial charge on any atom is 0.138 e. The molecule has 0 saturated carbocycles. The fraction of sp³-hybridized carbons (Fsp3) is 0.200. The molecule has 0 fully saturated rings. The van der Waals surface area contributed by atoms with Gasteiger partial charge in [0.1, 0.15) is 11.0 Å². The van der Waals surface area contributed by atoms with E-state index in [1.165, 1.54) is 11.3 Å². The van der Waals surface area contributed by atoms with E-state index in [-0.39, 0.29) is 0 Å². The molecule has 3 aromatic rings. The average Bonchev–Trinajstić information content (AvgIpc) is 2.88. The Balaban J connectivity index is 1.98. The van der Waals surface area contributed by atoms with Crippen LogP contribution in [0.15, 0.2) is 41.4 Å². The van der Waals surface area contributed by atoms with Crippen molar-refractivity contribution in [2.24, 2.45) is 0 Å². The van der Waals surface area contributed by atoms with Crippen LogP contribution in [0.3, 0.4) is 0 Å². The summed E-state index contributed by atoms with van der Waals surface area (Å²) < 4.78 is 0. The van der Waals surface area contributed by atoms with Crippen LogP contribution in [0.1, 0.15) is 13.3 Å². The highest BCUT2D eigenvalue weighted by Gasteiger charge is 2.07. The molecule has 20 heavy (non-hydrogen) atoms. The molecule has 0 amide bonds. The Kier molecular flexibility index (Phi) is 3.94. The molecule has 0 bridgehead atoms. The van der Waals surface area contributed by atoms with Gasteiger partial charge in [-0.25, -0.2) is 9.97 Å². The fourth-order valence-corrected chi connectivity index (χ4v) is 2.96. The van der Waals surface area contributed by atoms with Crippen LogP contribution < -0.4 is 0 Å². The Bertz CT molecular complexity index is 739. The molecule has 2 aromatic heterocycles. The van der Waals surface area contributed by atoms with Gasteiger partial charge in [-0.2, -0.15) is 0 Å². The van der Waals surface area contributed by atoms with Crippen molar-refractivity contribution < 1.29 is 0 Å². The van der Waals surface area contributed by atoms with Gasteiger partial charge in [0.05, 0.1) is 11.0 Å². The van der Waals surface area contributed by atoms with Crippen molar-refractivity contribution in [2.75, 3.05) is 5.75 Å². The number of thioether (sulfide) groups is 1. The standard InChI is InChI=1S/C15H14ClN3S/c1-2-7-20-11-3-4-12-13(9-11)19-15(18-12)10-5-6-17-14(16)8-10/h3-6,8-9H,2,7H2,1H3,(H,18,19). The second-order valence-corrected chi connectivity index (χ2v) is 6.04. The molecule has 0 unspecified atom stereocenters. The monoisotopic (exact) mass is 303 g/mol. The first-order valence-electron chi connectivity index (χ1n) is 6.51. The molecule has 102 valence electrons. The molecule has 3 nitrogen and oxygen atoms in total. The van der Waals surface area contributed by atoms with Crippen LogP contribution in [0.4, 0.5) is 0 Å². The summed E-state index contributed by atoms with van der Waals surface area (Å²) in [6.07, 6.45) is 2.86. The lowest BCUT2D eigenvalue weighted by Crippen LogP contribution is -1.81. The van der Waals surface area contributed by atoms with Gasteiger partial charge in [-0.3, -0.25) is 0 Å². The Morgan fingerprint density at radius 2 is 2.15 bits per heavy atom. The van der Waals surface area contributed by atoms with Crippen LogP contribution in [0.5, 0.6) is 0 Å². The second-order valence-electron chi connectivity index (χ2n) is 4.48. The van der Waals surface area contributed by atoms with Crippen molar-refractivity contribution in [3.8, 4) is 11.4 Å². The normalized spacial score (nSPS) is 11.1. The van der Waals surface area contributed by atoms with Gasteiger partial charge in [0.2, 0.25) is 0 Å². The highest BCUT2D eigenvalue weighted by atomic mass is 35.5. The molecule has 3 rings (SSSR count). The average molecular weight is 304 g/mol. The molecule has 0 radical (unpaired) electrons. The van der Waals surface area contributed by atoms with Gasteiger partial charge in [-0.1, -0.05) is 18.5 Å². The van der Waals surface area contributed by atoms with Crippen LogP contribution in [0.2, 0.25) is 5.15 Å². The zero-order valence-electron chi connectivity index (χ0n) is 11.1. The molecule has 1 aromatic carbocycles. The van der Waals surface area contributed by atoms with Gasteiger partial charge < -0.3 is 4.98 Å². The predicted molar refractivity (Wildman–Crippen MR) is 85.3 cm³/mol. The number of halogens is 1. The Morgan fingerprint density at radius 3 is 2.95 bits per heavy atom. The minimum absolute atomic E-state index is 0.474. The van der Waals surface area contributed by atoms with E-state index in [1.807, 2.05) is 23.9 Å². The lowest BCUT2D eigenvalue weighted by atomic mass is 10.2. The predicted octanol–water partition coefficient (Wildman–Crippen LogP) is 4.78. The summed E-state index contributed by atoms with van der Waals surface area (Å²) in [7, 11) is 0. The first-order chi connectivity index (χ1) is 9.76. The van der Waals surface area contributed by atoms with Gasteiger partial charge in [-0.15, -0.1) is 11.8 Å². The van der Waals surface area contributed by atoms with Crippen molar-refractivity contribution in [1.82, 2.24) is 15.0 Å². The third kappa shape index (κ3) is 2.81. The molecule has 0 aliphatic carbocycles. The van der Waals surface area contributed by atoms with E-state index in [4.69, 9.17) is 11.6 Å². The Morgan fingerprint density at radius 1 is 1.25 bits per heavy atom. The third-order valence-corrected chi connectivity index (χ3v) is 4.33. The number of H-pyrrole nitrogens is 1. The highest BCUT2D eigenvalue weighted by Crippen LogP contribution is 2.26. The SMILES string of the molecule is CCCSc1ccc2nc(-c3ccnc(Cl)c3)[nH]c2c1. The summed E-state index contributed by atoms with van der Waals surface area (Å²) in [5, 5.41) is 0.474. The smallest absolute Gasteiger partial charge is 0.138 e. The minimum Gasteiger partial charge on any atom is -0.338 e. The number of hydrogen-bond acceptors (Lipinski definition) is 3. The van der Waals surface area contributed by atoms with Crippen molar-refractivity contribution in [3.05, 3.63) is 41.7 Å². The van der Waals surface area contributed by atoms with Crippen molar-refractivity contribution in [1.29, 1.82) is 0 Å². The molecule has 1 N–H and O–H groups in total. The van der Waals surface area contributed by atoms with Crippen LogP contribution in [-0.4, -0.2) is 20.7 Å². The maximum absolute atomic E-state index is 5.92. The van der Waals surface area contributed by atoms with Crippen LogP contribution in [0, 0.1) is 0 Å². The van der Waals surface area contributed by atoms with E-state index in [0.29, 0.717) is 5.15 Å².